The molecular formula is C19H27NO5. The van der Waals surface area contributed by atoms with E-state index < -0.39 is 5.97 Å². The molecule has 0 bridgehead atoms. The summed E-state index contributed by atoms with van der Waals surface area (Å²) in [5.41, 5.74) is 0. The van der Waals surface area contributed by atoms with Gasteiger partial charge in [0.2, 0.25) is 0 Å². The monoisotopic (exact) mass is 349 g/mol. The number of hydrogen-bond donors (Lipinski definition) is 1. The second kappa shape index (κ2) is 9.30. The van der Waals surface area contributed by atoms with E-state index in [1.807, 2.05) is 0 Å². The highest BCUT2D eigenvalue weighted by atomic mass is 16.6. The number of hydrogen-bond acceptors (Lipinski definition) is 5. The van der Waals surface area contributed by atoms with E-state index in [0.29, 0.717) is 23.3 Å². The van der Waals surface area contributed by atoms with Crippen LogP contribution < -0.4 is 14.8 Å². The number of esters is 1. The summed E-state index contributed by atoms with van der Waals surface area (Å²) < 4.78 is 15.3. The third kappa shape index (κ3) is 5.96. The minimum Gasteiger partial charge on any atom is -0.497 e. The first-order chi connectivity index (χ1) is 12.0. The van der Waals surface area contributed by atoms with E-state index in [9.17, 15) is 9.59 Å². The summed E-state index contributed by atoms with van der Waals surface area (Å²) in [6.45, 7) is 3.85. The Balaban J connectivity index is 1.67. The van der Waals surface area contributed by atoms with E-state index in [2.05, 4.69) is 19.2 Å². The van der Waals surface area contributed by atoms with Crippen molar-refractivity contribution in [3.63, 3.8) is 0 Å². The molecular weight excluding hydrogens is 322 g/mol. The number of amides is 1. The Kier molecular flexibility index (Phi) is 7.10. The lowest BCUT2D eigenvalue weighted by atomic mass is 9.78. The zero-order valence-corrected chi connectivity index (χ0v) is 15.1. The van der Waals surface area contributed by atoms with Crippen LogP contribution in [-0.4, -0.2) is 38.2 Å². The number of carbonyl (C=O) groups is 2. The zero-order chi connectivity index (χ0) is 18.2. The summed E-state index contributed by atoms with van der Waals surface area (Å²) >= 11 is 0. The van der Waals surface area contributed by atoms with Crippen LogP contribution in [0.25, 0.3) is 0 Å². The lowest BCUT2D eigenvalue weighted by Gasteiger charge is -2.34. The molecule has 0 radical (unpaired) electrons. The van der Waals surface area contributed by atoms with E-state index in [-0.39, 0.29) is 25.2 Å². The van der Waals surface area contributed by atoms with Gasteiger partial charge in [-0.3, -0.25) is 4.79 Å². The van der Waals surface area contributed by atoms with Gasteiger partial charge in [0.05, 0.1) is 7.11 Å². The summed E-state index contributed by atoms with van der Waals surface area (Å²) in [4.78, 5) is 23.7. The highest BCUT2D eigenvalue weighted by molar-refractivity contribution is 5.81. The first-order valence-corrected chi connectivity index (χ1v) is 8.71. The molecule has 0 unspecified atom stereocenters. The molecule has 1 aromatic rings. The first-order valence-electron chi connectivity index (χ1n) is 8.71. The molecule has 1 aliphatic carbocycles. The van der Waals surface area contributed by atoms with Crippen LogP contribution >= 0.6 is 0 Å². The van der Waals surface area contributed by atoms with Crippen LogP contribution in [0.2, 0.25) is 0 Å². The van der Waals surface area contributed by atoms with Gasteiger partial charge in [0, 0.05) is 6.04 Å². The molecule has 1 fully saturated rings. The molecule has 0 heterocycles. The van der Waals surface area contributed by atoms with Crippen molar-refractivity contribution in [3.05, 3.63) is 24.3 Å². The lowest BCUT2D eigenvalue weighted by Crippen LogP contribution is -2.45. The molecule has 1 aromatic carbocycles. The van der Waals surface area contributed by atoms with Crippen molar-refractivity contribution < 1.29 is 23.8 Å². The average molecular weight is 349 g/mol. The highest BCUT2D eigenvalue weighted by Crippen LogP contribution is 2.29. The smallest absolute Gasteiger partial charge is 0.344 e. The Bertz CT molecular complexity index is 572. The third-order valence-electron chi connectivity index (χ3n) is 4.83. The molecule has 0 spiro atoms. The molecule has 0 aromatic heterocycles. The van der Waals surface area contributed by atoms with Crippen molar-refractivity contribution in [1.29, 1.82) is 0 Å². The van der Waals surface area contributed by atoms with E-state index in [1.54, 1.807) is 31.4 Å². The van der Waals surface area contributed by atoms with Crippen molar-refractivity contribution in [1.82, 2.24) is 5.32 Å². The number of carbonyl (C=O) groups excluding carboxylic acids is 2. The minimum atomic E-state index is -0.573. The number of nitrogens with one attached hydrogen (secondary N) is 1. The Hall–Kier alpha value is -2.24. The van der Waals surface area contributed by atoms with Crippen LogP contribution in [-0.2, 0) is 14.3 Å². The molecule has 3 atom stereocenters. The van der Waals surface area contributed by atoms with E-state index in [4.69, 9.17) is 14.2 Å². The van der Waals surface area contributed by atoms with Crippen molar-refractivity contribution in [3.8, 4) is 11.5 Å². The summed E-state index contributed by atoms with van der Waals surface area (Å²) in [7, 11) is 1.58. The van der Waals surface area contributed by atoms with Gasteiger partial charge in [-0.15, -0.1) is 0 Å². The SMILES string of the molecule is COc1ccc(OCC(=O)OCC(=O)N[C@H]2CCC[C@@H](C)[C@H]2C)cc1. The van der Waals surface area contributed by atoms with Gasteiger partial charge < -0.3 is 19.5 Å². The number of benzene rings is 1. The lowest BCUT2D eigenvalue weighted by molar-refractivity contribution is -0.150. The Morgan fingerprint density at radius 2 is 1.76 bits per heavy atom. The molecule has 6 nitrogen and oxygen atoms in total. The van der Waals surface area contributed by atoms with E-state index in [0.717, 1.165) is 12.8 Å². The van der Waals surface area contributed by atoms with Crippen LogP contribution in [0.15, 0.2) is 24.3 Å². The Morgan fingerprint density at radius 1 is 1.08 bits per heavy atom. The average Bonchev–Trinajstić information content (AvgIpc) is 2.62. The Morgan fingerprint density at radius 3 is 2.44 bits per heavy atom. The van der Waals surface area contributed by atoms with Gasteiger partial charge in [-0.25, -0.2) is 4.79 Å². The zero-order valence-electron chi connectivity index (χ0n) is 15.1. The summed E-state index contributed by atoms with van der Waals surface area (Å²) in [5.74, 6) is 1.44. The molecule has 1 N–H and O–H groups in total. The fraction of sp³-hybridized carbons (Fsp3) is 0.579. The third-order valence-corrected chi connectivity index (χ3v) is 4.83. The van der Waals surface area contributed by atoms with E-state index in [1.165, 1.54) is 6.42 Å². The topological polar surface area (TPSA) is 73.9 Å². The first kappa shape index (κ1) is 19.1. The summed E-state index contributed by atoms with van der Waals surface area (Å²) in [6.07, 6.45) is 3.29. The molecule has 0 aliphatic heterocycles. The van der Waals surface area contributed by atoms with Gasteiger partial charge in [-0.2, -0.15) is 0 Å². The Labute approximate surface area is 148 Å². The van der Waals surface area contributed by atoms with Crippen LogP contribution in [0.3, 0.4) is 0 Å². The van der Waals surface area contributed by atoms with Crippen molar-refractivity contribution in [2.75, 3.05) is 20.3 Å². The predicted molar refractivity (Wildman–Crippen MR) is 93.6 cm³/mol. The normalized spacial score (nSPS) is 22.8. The number of methoxy groups -OCH3 is 1. The van der Waals surface area contributed by atoms with E-state index >= 15 is 0 Å². The van der Waals surface area contributed by atoms with Crippen molar-refractivity contribution in [2.24, 2.45) is 11.8 Å². The second-order valence-corrected chi connectivity index (χ2v) is 6.57. The van der Waals surface area contributed by atoms with Crippen LogP contribution in [0, 0.1) is 11.8 Å². The fourth-order valence-electron chi connectivity index (χ4n) is 3.04. The molecule has 25 heavy (non-hydrogen) atoms. The highest BCUT2D eigenvalue weighted by Gasteiger charge is 2.28. The summed E-state index contributed by atoms with van der Waals surface area (Å²) in [5, 5.41) is 2.97. The number of ether oxygens (including phenoxy) is 3. The quantitative estimate of drug-likeness (QED) is 0.766. The molecule has 1 amide bonds. The second-order valence-electron chi connectivity index (χ2n) is 6.57. The standard InChI is InChI=1S/C19H27NO5/c1-13-5-4-6-17(14(13)2)20-18(21)11-25-19(22)12-24-16-9-7-15(23-3)8-10-16/h7-10,13-14,17H,4-6,11-12H2,1-3H3,(H,20,21)/t13-,14-,17+/m1/s1. The molecule has 0 saturated heterocycles. The van der Waals surface area contributed by atoms with Crippen LogP contribution in [0.5, 0.6) is 11.5 Å². The van der Waals surface area contributed by atoms with Gasteiger partial charge in [0.25, 0.3) is 5.91 Å². The maximum absolute atomic E-state index is 12.0. The van der Waals surface area contributed by atoms with Gasteiger partial charge in [0.1, 0.15) is 11.5 Å². The predicted octanol–water partition coefficient (Wildman–Crippen LogP) is 2.56. The molecule has 138 valence electrons. The molecule has 1 saturated carbocycles. The van der Waals surface area contributed by atoms with Gasteiger partial charge in [-0.05, 0) is 42.5 Å². The number of rotatable bonds is 7. The molecule has 6 heteroatoms. The van der Waals surface area contributed by atoms with Crippen LogP contribution in [0.1, 0.15) is 33.1 Å². The largest absolute Gasteiger partial charge is 0.497 e. The van der Waals surface area contributed by atoms with Gasteiger partial charge >= 0.3 is 5.97 Å². The summed E-state index contributed by atoms with van der Waals surface area (Å²) in [6, 6.07) is 7.03. The molecule has 1 aliphatic rings. The van der Waals surface area contributed by atoms with Gasteiger partial charge in [0.15, 0.2) is 13.2 Å². The minimum absolute atomic E-state index is 0.158. The van der Waals surface area contributed by atoms with Crippen molar-refractivity contribution >= 4 is 11.9 Å². The molecule has 2 rings (SSSR count). The van der Waals surface area contributed by atoms with Gasteiger partial charge in [-0.1, -0.05) is 26.7 Å². The maximum Gasteiger partial charge on any atom is 0.344 e. The van der Waals surface area contributed by atoms with Crippen LogP contribution in [0.4, 0.5) is 0 Å². The fourth-order valence-corrected chi connectivity index (χ4v) is 3.04. The van der Waals surface area contributed by atoms with Crippen molar-refractivity contribution in [2.45, 2.75) is 39.2 Å². The maximum atomic E-state index is 12.0.